The Hall–Kier alpha value is -1.77. The molecule has 0 aliphatic carbocycles. The lowest BCUT2D eigenvalue weighted by molar-refractivity contribution is 0.572. The number of hydrogen-bond donors (Lipinski definition) is 1. The van der Waals surface area contributed by atoms with Crippen molar-refractivity contribution >= 4 is 5.69 Å². The molecule has 2 aromatic rings. The van der Waals surface area contributed by atoms with Gasteiger partial charge < -0.3 is 9.73 Å². The van der Waals surface area contributed by atoms with Gasteiger partial charge in [0.2, 0.25) is 0 Å². The standard InChI is InChI=1S/C16H22N2O/c1-2-3-4-5-6-10-18-15-9-7-8-14(11-15)16-12-17-13-19-16/h7-9,11-13,18H,2-6,10H2,1H3. The van der Waals surface area contributed by atoms with Gasteiger partial charge in [-0.1, -0.05) is 44.7 Å². The van der Waals surface area contributed by atoms with Gasteiger partial charge in [0.25, 0.3) is 0 Å². The van der Waals surface area contributed by atoms with Crippen molar-refractivity contribution in [3.63, 3.8) is 0 Å². The van der Waals surface area contributed by atoms with Gasteiger partial charge in [0.15, 0.2) is 12.2 Å². The minimum Gasteiger partial charge on any atom is -0.444 e. The molecule has 3 heteroatoms. The van der Waals surface area contributed by atoms with Gasteiger partial charge in [0.1, 0.15) is 0 Å². The molecular formula is C16H22N2O. The molecule has 19 heavy (non-hydrogen) atoms. The molecule has 0 spiro atoms. The summed E-state index contributed by atoms with van der Waals surface area (Å²) in [6.07, 6.45) is 9.73. The molecule has 3 nitrogen and oxygen atoms in total. The maximum absolute atomic E-state index is 5.31. The number of anilines is 1. The highest BCUT2D eigenvalue weighted by Crippen LogP contribution is 2.22. The molecule has 0 radical (unpaired) electrons. The van der Waals surface area contributed by atoms with E-state index in [-0.39, 0.29) is 0 Å². The van der Waals surface area contributed by atoms with Crippen molar-refractivity contribution in [3.05, 3.63) is 36.9 Å². The average Bonchev–Trinajstić information content (AvgIpc) is 2.97. The third-order valence-corrected chi connectivity index (χ3v) is 3.19. The van der Waals surface area contributed by atoms with E-state index in [1.54, 1.807) is 6.20 Å². The largest absolute Gasteiger partial charge is 0.444 e. The van der Waals surface area contributed by atoms with E-state index >= 15 is 0 Å². The highest BCUT2D eigenvalue weighted by atomic mass is 16.3. The van der Waals surface area contributed by atoms with Gasteiger partial charge in [-0.3, -0.25) is 0 Å². The second-order valence-electron chi connectivity index (χ2n) is 4.79. The van der Waals surface area contributed by atoms with Crippen molar-refractivity contribution in [1.29, 1.82) is 0 Å². The van der Waals surface area contributed by atoms with Crippen molar-refractivity contribution in [1.82, 2.24) is 4.98 Å². The molecular weight excluding hydrogens is 236 g/mol. The maximum Gasteiger partial charge on any atom is 0.181 e. The first kappa shape index (κ1) is 13.7. The van der Waals surface area contributed by atoms with Crippen molar-refractivity contribution in [2.75, 3.05) is 11.9 Å². The molecule has 0 unspecified atom stereocenters. The van der Waals surface area contributed by atoms with Crippen molar-refractivity contribution in [2.24, 2.45) is 0 Å². The summed E-state index contributed by atoms with van der Waals surface area (Å²) in [7, 11) is 0. The highest BCUT2D eigenvalue weighted by molar-refractivity contribution is 5.63. The molecule has 0 aliphatic heterocycles. The first-order valence-electron chi connectivity index (χ1n) is 7.13. The third kappa shape index (κ3) is 4.43. The SMILES string of the molecule is CCCCCCCNc1cccc(-c2cnco2)c1. The normalized spacial score (nSPS) is 10.6. The van der Waals surface area contributed by atoms with Crippen LogP contribution in [-0.4, -0.2) is 11.5 Å². The van der Waals surface area contributed by atoms with E-state index in [9.17, 15) is 0 Å². The summed E-state index contributed by atoms with van der Waals surface area (Å²) in [6.45, 7) is 3.27. The Morgan fingerprint density at radius 2 is 2.05 bits per heavy atom. The van der Waals surface area contributed by atoms with Crippen molar-refractivity contribution in [3.8, 4) is 11.3 Å². The predicted molar refractivity (Wildman–Crippen MR) is 79.2 cm³/mol. The summed E-state index contributed by atoms with van der Waals surface area (Å²) >= 11 is 0. The lowest BCUT2D eigenvalue weighted by atomic mass is 10.1. The predicted octanol–water partition coefficient (Wildman–Crippen LogP) is 4.72. The van der Waals surface area contributed by atoms with Crippen LogP contribution in [0.4, 0.5) is 5.69 Å². The molecule has 0 aliphatic rings. The van der Waals surface area contributed by atoms with Gasteiger partial charge in [-0.15, -0.1) is 0 Å². The molecule has 0 saturated heterocycles. The second-order valence-corrected chi connectivity index (χ2v) is 4.79. The van der Waals surface area contributed by atoms with Crippen LogP contribution < -0.4 is 5.32 Å². The molecule has 1 N–H and O–H groups in total. The van der Waals surface area contributed by atoms with Crippen LogP contribution in [0.2, 0.25) is 0 Å². The average molecular weight is 258 g/mol. The van der Waals surface area contributed by atoms with Gasteiger partial charge in [-0.2, -0.15) is 0 Å². The zero-order valence-electron chi connectivity index (χ0n) is 11.6. The van der Waals surface area contributed by atoms with Crippen LogP contribution in [0.5, 0.6) is 0 Å². The van der Waals surface area contributed by atoms with Crippen LogP contribution in [0.25, 0.3) is 11.3 Å². The molecule has 0 bridgehead atoms. The molecule has 0 amide bonds. The monoisotopic (exact) mass is 258 g/mol. The Balaban J connectivity index is 1.79. The van der Waals surface area contributed by atoms with Crippen LogP contribution >= 0.6 is 0 Å². The number of nitrogens with zero attached hydrogens (tertiary/aromatic N) is 1. The topological polar surface area (TPSA) is 38.1 Å². The van der Waals surface area contributed by atoms with E-state index in [0.717, 1.165) is 23.6 Å². The van der Waals surface area contributed by atoms with E-state index < -0.39 is 0 Å². The van der Waals surface area contributed by atoms with Gasteiger partial charge in [0.05, 0.1) is 6.20 Å². The Bertz CT molecular complexity index is 465. The van der Waals surface area contributed by atoms with Gasteiger partial charge in [0, 0.05) is 17.8 Å². The van der Waals surface area contributed by atoms with Gasteiger partial charge in [-0.05, 0) is 18.6 Å². The maximum atomic E-state index is 5.31. The fourth-order valence-corrected chi connectivity index (χ4v) is 2.10. The van der Waals surface area contributed by atoms with Crippen LogP contribution in [0.1, 0.15) is 39.0 Å². The lowest BCUT2D eigenvalue weighted by Crippen LogP contribution is -2.01. The minimum absolute atomic E-state index is 0.812. The number of hydrogen-bond acceptors (Lipinski definition) is 3. The Morgan fingerprint density at radius 3 is 2.84 bits per heavy atom. The minimum atomic E-state index is 0.812. The summed E-state index contributed by atoms with van der Waals surface area (Å²) in [5, 5.41) is 3.46. The number of nitrogens with one attached hydrogen (secondary N) is 1. The van der Waals surface area contributed by atoms with Gasteiger partial charge >= 0.3 is 0 Å². The molecule has 0 fully saturated rings. The summed E-state index contributed by atoms with van der Waals surface area (Å²) in [5.74, 6) is 0.812. The molecule has 1 aromatic carbocycles. The number of aromatic nitrogens is 1. The number of oxazole rings is 1. The smallest absolute Gasteiger partial charge is 0.181 e. The number of rotatable bonds is 8. The molecule has 0 saturated carbocycles. The quantitative estimate of drug-likeness (QED) is 0.696. The van der Waals surface area contributed by atoms with Crippen LogP contribution in [-0.2, 0) is 0 Å². The van der Waals surface area contributed by atoms with Gasteiger partial charge in [-0.25, -0.2) is 4.98 Å². The first-order chi connectivity index (χ1) is 9.40. The Labute approximate surface area is 115 Å². The van der Waals surface area contributed by atoms with E-state index in [4.69, 9.17) is 4.42 Å². The molecule has 0 atom stereocenters. The molecule has 2 rings (SSSR count). The number of unbranched alkanes of at least 4 members (excludes halogenated alkanes) is 4. The summed E-state index contributed by atoms with van der Waals surface area (Å²) in [4.78, 5) is 3.95. The fraction of sp³-hybridized carbons (Fsp3) is 0.438. The van der Waals surface area contributed by atoms with E-state index in [0.29, 0.717) is 0 Å². The highest BCUT2D eigenvalue weighted by Gasteiger charge is 2.01. The van der Waals surface area contributed by atoms with E-state index in [1.807, 2.05) is 12.1 Å². The summed E-state index contributed by atoms with van der Waals surface area (Å²) in [6, 6.07) is 8.27. The summed E-state index contributed by atoms with van der Waals surface area (Å²) in [5.41, 5.74) is 2.21. The molecule has 1 heterocycles. The van der Waals surface area contributed by atoms with Crippen LogP contribution in [0, 0.1) is 0 Å². The van der Waals surface area contributed by atoms with E-state index in [1.165, 1.54) is 38.5 Å². The van der Waals surface area contributed by atoms with Crippen molar-refractivity contribution < 1.29 is 4.42 Å². The first-order valence-corrected chi connectivity index (χ1v) is 7.13. The van der Waals surface area contributed by atoms with Crippen LogP contribution in [0.3, 0.4) is 0 Å². The fourth-order valence-electron chi connectivity index (χ4n) is 2.10. The van der Waals surface area contributed by atoms with E-state index in [2.05, 4.69) is 29.4 Å². The van der Waals surface area contributed by atoms with Crippen LogP contribution in [0.15, 0.2) is 41.3 Å². The molecule has 102 valence electrons. The Kier molecular flexibility index (Phi) is 5.48. The Morgan fingerprint density at radius 1 is 1.16 bits per heavy atom. The number of benzene rings is 1. The third-order valence-electron chi connectivity index (χ3n) is 3.19. The molecule has 1 aromatic heterocycles. The van der Waals surface area contributed by atoms with Crippen molar-refractivity contribution in [2.45, 2.75) is 39.0 Å². The lowest BCUT2D eigenvalue weighted by Gasteiger charge is -2.07. The zero-order chi connectivity index (χ0) is 13.3. The summed E-state index contributed by atoms with van der Waals surface area (Å²) < 4.78 is 5.31. The second kappa shape index (κ2) is 7.62. The zero-order valence-corrected chi connectivity index (χ0v) is 11.6.